The average Bonchev–Trinajstić information content (AvgIpc) is 2.59. The van der Waals surface area contributed by atoms with Gasteiger partial charge in [-0.2, -0.15) is 0 Å². The van der Waals surface area contributed by atoms with E-state index in [0.29, 0.717) is 27.3 Å². The molecule has 1 atom stereocenters. The van der Waals surface area contributed by atoms with Crippen LogP contribution in [0.3, 0.4) is 0 Å². The third-order valence-corrected chi connectivity index (χ3v) is 4.31. The molecule has 27 heavy (non-hydrogen) atoms. The molecule has 142 valence electrons. The lowest BCUT2D eigenvalue weighted by Crippen LogP contribution is -2.29. The Morgan fingerprint density at radius 3 is 2.44 bits per heavy atom. The van der Waals surface area contributed by atoms with E-state index in [0.717, 1.165) is 4.57 Å². The van der Waals surface area contributed by atoms with Crippen molar-refractivity contribution < 1.29 is 19.4 Å². The Balaban J connectivity index is 2.73. The summed E-state index contributed by atoms with van der Waals surface area (Å²) in [5.74, 6) is -1.09. The number of rotatable bonds is 7. The van der Waals surface area contributed by atoms with Crippen molar-refractivity contribution in [3.05, 3.63) is 63.6 Å². The summed E-state index contributed by atoms with van der Waals surface area (Å²) >= 11 is 6.06. The summed E-state index contributed by atoms with van der Waals surface area (Å²) < 4.78 is 6.47. The second-order valence-corrected chi connectivity index (χ2v) is 6.70. The lowest BCUT2D eigenvalue weighted by molar-refractivity contribution is -0.141. The molecule has 0 aliphatic rings. The number of ether oxygens (including phenoxy) is 1. The van der Waals surface area contributed by atoms with Crippen LogP contribution < -0.4 is 10.3 Å². The van der Waals surface area contributed by atoms with Gasteiger partial charge in [0.2, 0.25) is 0 Å². The Morgan fingerprint density at radius 1 is 1.26 bits per heavy atom. The van der Waals surface area contributed by atoms with Gasteiger partial charge in [0.05, 0.1) is 13.3 Å². The number of aromatic nitrogens is 1. The lowest BCUT2D eigenvalue weighted by atomic mass is 9.97. The standard InChI is InChI=1S/C20H20ClNO5/c1-11(2)7-17(20(25)26)22-10-18(27-4)16(9-19(22)24)15-8-13(21)5-6-14(15)12(3)23/h5-6,8-10,17H,1,7H2,2-4H3,(H,25,26). The van der Waals surface area contributed by atoms with Gasteiger partial charge in [0.15, 0.2) is 5.78 Å². The van der Waals surface area contributed by atoms with Crippen molar-refractivity contribution in [3.63, 3.8) is 0 Å². The molecule has 0 amide bonds. The van der Waals surface area contributed by atoms with Crippen LogP contribution in [0.5, 0.6) is 5.75 Å². The van der Waals surface area contributed by atoms with Crippen LogP contribution in [0.4, 0.5) is 0 Å². The number of ketones is 1. The molecule has 0 aliphatic heterocycles. The summed E-state index contributed by atoms with van der Waals surface area (Å²) in [4.78, 5) is 36.3. The molecule has 2 aromatic rings. The molecule has 0 radical (unpaired) electrons. The quantitative estimate of drug-likeness (QED) is 0.572. The van der Waals surface area contributed by atoms with Crippen LogP contribution in [-0.4, -0.2) is 28.5 Å². The van der Waals surface area contributed by atoms with Gasteiger partial charge in [0.25, 0.3) is 5.56 Å². The van der Waals surface area contributed by atoms with Crippen molar-refractivity contribution in [2.45, 2.75) is 26.3 Å². The summed E-state index contributed by atoms with van der Waals surface area (Å²) in [7, 11) is 1.40. The second kappa shape index (κ2) is 8.22. The highest BCUT2D eigenvalue weighted by Gasteiger charge is 2.23. The molecule has 6 nitrogen and oxygen atoms in total. The van der Waals surface area contributed by atoms with Gasteiger partial charge in [-0.15, -0.1) is 6.58 Å². The fraction of sp³-hybridized carbons (Fsp3) is 0.250. The lowest BCUT2D eigenvalue weighted by Gasteiger charge is -2.19. The predicted octanol–water partition coefficient (Wildman–Crippen LogP) is 3.97. The van der Waals surface area contributed by atoms with Crippen LogP contribution in [0.2, 0.25) is 5.02 Å². The van der Waals surface area contributed by atoms with Gasteiger partial charge in [-0.3, -0.25) is 14.2 Å². The number of carbonyl (C=O) groups is 2. The van der Waals surface area contributed by atoms with Crippen LogP contribution in [0.1, 0.15) is 36.7 Å². The van der Waals surface area contributed by atoms with Crippen molar-refractivity contribution in [2.75, 3.05) is 7.11 Å². The van der Waals surface area contributed by atoms with Crippen molar-refractivity contribution in [1.82, 2.24) is 4.57 Å². The number of nitrogens with zero attached hydrogens (tertiary/aromatic N) is 1. The van der Waals surface area contributed by atoms with Gasteiger partial charge in [-0.05, 0) is 44.0 Å². The Bertz CT molecular complexity index is 977. The maximum atomic E-state index is 12.7. The van der Waals surface area contributed by atoms with Crippen LogP contribution in [0.25, 0.3) is 11.1 Å². The zero-order valence-electron chi connectivity index (χ0n) is 15.3. The molecule has 0 saturated carbocycles. The highest BCUT2D eigenvalue weighted by molar-refractivity contribution is 6.31. The third-order valence-electron chi connectivity index (χ3n) is 4.08. The number of allylic oxidation sites excluding steroid dienone is 1. The number of carbonyl (C=O) groups excluding carboxylic acids is 1. The normalized spacial score (nSPS) is 11.7. The van der Waals surface area contributed by atoms with Crippen molar-refractivity contribution in [2.24, 2.45) is 0 Å². The van der Waals surface area contributed by atoms with Crippen LogP contribution in [0, 0.1) is 0 Å². The fourth-order valence-corrected chi connectivity index (χ4v) is 3.00. The number of halogens is 1. The number of hydrogen-bond donors (Lipinski definition) is 1. The molecular weight excluding hydrogens is 370 g/mol. The number of hydrogen-bond acceptors (Lipinski definition) is 4. The fourth-order valence-electron chi connectivity index (χ4n) is 2.83. The molecule has 0 saturated heterocycles. The number of Topliss-reactive ketones (excluding diaryl/α,β-unsaturated/α-hetero) is 1. The summed E-state index contributed by atoms with van der Waals surface area (Å²) in [5, 5.41) is 9.89. The summed E-state index contributed by atoms with van der Waals surface area (Å²) in [5.41, 5.74) is 1.29. The topological polar surface area (TPSA) is 85.6 Å². The Morgan fingerprint density at radius 2 is 1.93 bits per heavy atom. The number of carboxylic acid groups (broad SMARTS) is 1. The largest absolute Gasteiger partial charge is 0.495 e. The molecule has 1 unspecified atom stereocenters. The highest BCUT2D eigenvalue weighted by Crippen LogP contribution is 2.34. The molecular formula is C20H20ClNO5. The molecule has 0 spiro atoms. The molecule has 0 aliphatic carbocycles. The summed E-state index contributed by atoms with van der Waals surface area (Å²) in [6, 6.07) is 4.88. The summed E-state index contributed by atoms with van der Waals surface area (Å²) in [6.45, 7) is 6.82. The Hall–Kier alpha value is -2.86. The van der Waals surface area contributed by atoms with E-state index in [1.807, 2.05) is 0 Å². The number of aliphatic carboxylic acids is 1. The van der Waals surface area contributed by atoms with Crippen LogP contribution in [0.15, 0.2) is 47.4 Å². The SMILES string of the molecule is C=C(C)CC(C(=O)O)n1cc(OC)c(-c2cc(Cl)ccc2C(C)=O)cc1=O. The van der Waals surface area contributed by atoms with E-state index in [2.05, 4.69) is 6.58 Å². The van der Waals surface area contributed by atoms with Gasteiger partial charge in [-0.25, -0.2) is 4.79 Å². The molecule has 7 heteroatoms. The van der Waals surface area contributed by atoms with E-state index >= 15 is 0 Å². The van der Waals surface area contributed by atoms with E-state index in [1.54, 1.807) is 25.1 Å². The third kappa shape index (κ3) is 4.46. The number of benzene rings is 1. The first-order valence-corrected chi connectivity index (χ1v) is 8.51. The van der Waals surface area contributed by atoms with E-state index in [4.69, 9.17) is 16.3 Å². The minimum Gasteiger partial charge on any atom is -0.495 e. The first-order valence-electron chi connectivity index (χ1n) is 8.14. The molecule has 1 N–H and O–H groups in total. The molecule has 0 bridgehead atoms. The number of pyridine rings is 1. The van der Waals surface area contributed by atoms with Crippen molar-refractivity contribution in [3.8, 4) is 16.9 Å². The zero-order valence-corrected chi connectivity index (χ0v) is 16.0. The minimum absolute atomic E-state index is 0.105. The van der Waals surface area contributed by atoms with E-state index in [-0.39, 0.29) is 18.0 Å². The number of methoxy groups -OCH3 is 1. The second-order valence-electron chi connectivity index (χ2n) is 6.26. The van der Waals surface area contributed by atoms with Crippen LogP contribution >= 0.6 is 11.6 Å². The van der Waals surface area contributed by atoms with Crippen molar-refractivity contribution in [1.29, 1.82) is 0 Å². The average molecular weight is 390 g/mol. The van der Waals surface area contributed by atoms with Crippen molar-refractivity contribution >= 4 is 23.4 Å². The monoisotopic (exact) mass is 389 g/mol. The molecule has 0 fully saturated rings. The Labute approximate surface area is 161 Å². The molecule has 1 aromatic carbocycles. The zero-order chi connectivity index (χ0) is 20.3. The molecule has 1 heterocycles. The van der Waals surface area contributed by atoms with Gasteiger partial charge in [-0.1, -0.05) is 17.2 Å². The smallest absolute Gasteiger partial charge is 0.327 e. The molecule has 2 rings (SSSR count). The summed E-state index contributed by atoms with van der Waals surface area (Å²) in [6.07, 6.45) is 1.44. The van der Waals surface area contributed by atoms with E-state index in [1.165, 1.54) is 26.3 Å². The van der Waals surface area contributed by atoms with Gasteiger partial charge < -0.3 is 9.84 Å². The van der Waals surface area contributed by atoms with Crippen LogP contribution in [-0.2, 0) is 4.79 Å². The molecule has 1 aromatic heterocycles. The predicted molar refractivity (Wildman–Crippen MR) is 104 cm³/mol. The van der Waals surface area contributed by atoms with Gasteiger partial charge >= 0.3 is 5.97 Å². The Kier molecular flexibility index (Phi) is 6.23. The number of carboxylic acids is 1. The van der Waals surface area contributed by atoms with E-state index < -0.39 is 17.6 Å². The maximum Gasteiger partial charge on any atom is 0.327 e. The maximum absolute atomic E-state index is 12.7. The van der Waals surface area contributed by atoms with E-state index in [9.17, 15) is 19.5 Å². The first-order chi connectivity index (χ1) is 12.6. The highest BCUT2D eigenvalue weighted by atomic mass is 35.5. The van der Waals surface area contributed by atoms with Gasteiger partial charge in [0, 0.05) is 22.2 Å². The first kappa shape index (κ1) is 20.5. The van der Waals surface area contributed by atoms with Gasteiger partial charge in [0.1, 0.15) is 11.8 Å². The minimum atomic E-state index is -1.15.